The molecule has 0 amide bonds. The summed E-state index contributed by atoms with van der Waals surface area (Å²) < 4.78 is 32.9. The average Bonchev–Trinajstić information content (AvgIpc) is 2.39. The number of aliphatic hydroxyl groups excluding tert-OH is 1. The molecule has 1 N–H and O–H groups in total. The topological polar surface area (TPSA) is 79.7 Å². The Kier molecular flexibility index (Phi) is 4.97. The van der Waals surface area contributed by atoms with Crippen LogP contribution in [0.1, 0.15) is 13.8 Å². The molecule has 1 aliphatic heterocycles. The number of halogens is 2. The monoisotopic (exact) mass is 398 g/mol. The fourth-order valence-electron chi connectivity index (χ4n) is 2.24. The number of hydrogen-bond acceptors (Lipinski definition) is 5. The van der Waals surface area contributed by atoms with Crippen LogP contribution in [0.3, 0.4) is 0 Å². The van der Waals surface area contributed by atoms with Crippen LogP contribution < -0.4 is 0 Å². The van der Waals surface area contributed by atoms with Crippen molar-refractivity contribution in [3.05, 3.63) is 21.9 Å². The molecule has 21 heavy (non-hydrogen) atoms. The number of morpholine rings is 1. The lowest BCUT2D eigenvalue weighted by Crippen LogP contribution is -2.55. The second kappa shape index (κ2) is 6.10. The predicted molar refractivity (Wildman–Crippen MR) is 81.7 cm³/mol. The fourth-order valence-corrected chi connectivity index (χ4v) is 4.79. The van der Waals surface area contributed by atoms with Crippen LogP contribution in [-0.4, -0.2) is 54.2 Å². The third kappa shape index (κ3) is 3.75. The molecule has 0 saturated carbocycles. The summed E-state index contributed by atoms with van der Waals surface area (Å²) >= 11 is 9.11. The third-order valence-corrected chi connectivity index (χ3v) is 5.72. The number of nitrogens with zero attached hydrogens (tertiary/aromatic N) is 2. The maximum atomic E-state index is 12.8. The van der Waals surface area contributed by atoms with E-state index in [1.165, 1.54) is 16.6 Å². The number of hydrogen-bond donors (Lipinski definition) is 1. The Hall–Kier alpha value is -0.250. The van der Waals surface area contributed by atoms with Gasteiger partial charge in [-0.15, -0.1) is 0 Å². The van der Waals surface area contributed by atoms with Crippen molar-refractivity contribution in [3.63, 3.8) is 0 Å². The molecule has 2 heterocycles. The lowest BCUT2D eigenvalue weighted by Gasteiger charge is -2.41. The highest BCUT2D eigenvalue weighted by atomic mass is 79.9. The number of rotatable bonds is 3. The molecule has 1 fully saturated rings. The van der Waals surface area contributed by atoms with Crippen LogP contribution in [0.15, 0.2) is 21.6 Å². The molecular weight excluding hydrogens is 384 g/mol. The van der Waals surface area contributed by atoms with Gasteiger partial charge < -0.3 is 9.84 Å². The Labute approximate surface area is 137 Å². The number of ether oxygens (including phenoxy) is 1. The van der Waals surface area contributed by atoms with E-state index in [2.05, 4.69) is 20.9 Å². The van der Waals surface area contributed by atoms with Crippen molar-refractivity contribution in [2.24, 2.45) is 0 Å². The van der Waals surface area contributed by atoms with Gasteiger partial charge in [0.05, 0.1) is 18.3 Å². The number of sulfonamides is 1. The molecule has 0 aliphatic carbocycles. The third-order valence-electron chi connectivity index (χ3n) is 3.05. The highest BCUT2D eigenvalue weighted by Gasteiger charge is 2.40. The van der Waals surface area contributed by atoms with Crippen molar-refractivity contribution in [1.82, 2.24) is 9.29 Å². The molecule has 1 atom stereocenters. The standard InChI is InChI=1S/C12H16BrClN2O4S/c1-12(2)7-16(5-9(6-17)20-12)21(18,19)10-3-8(13)4-15-11(10)14/h3-4,9,17H,5-7H2,1-2H3. The summed E-state index contributed by atoms with van der Waals surface area (Å²) in [5.41, 5.74) is -0.690. The van der Waals surface area contributed by atoms with Crippen molar-refractivity contribution >= 4 is 37.6 Å². The first-order chi connectivity index (χ1) is 9.65. The van der Waals surface area contributed by atoms with Gasteiger partial charge in [-0.3, -0.25) is 0 Å². The molecular formula is C12H16BrClN2O4S. The molecule has 6 nitrogen and oxygen atoms in total. The van der Waals surface area contributed by atoms with Gasteiger partial charge in [-0.2, -0.15) is 4.31 Å². The Bertz CT molecular complexity index is 638. The lowest BCUT2D eigenvalue weighted by atomic mass is 10.1. The second-order valence-corrected chi connectivity index (χ2v) is 8.60. The molecule has 1 saturated heterocycles. The van der Waals surface area contributed by atoms with Crippen molar-refractivity contribution in [3.8, 4) is 0 Å². The van der Waals surface area contributed by atoms with Crippen LogP contribution in [0, 0.1) is 0 Å². The molecule has 0 radical (unpaired) electrons. The molecule has 2 rings (SSSR count). The van der Waals surface area contributed by atoms with Crippen molar-refractivity contribution in [1.29, 1.82) is 0 Å². The Morgan fingerprint density at radius 1 is 1.62 bits per heavy atom. The van der Waals surface area contributed by atoms with Crippen LogP contribution in [-0.2, 0) is 14.8 Å². The molecule has 1 aromatic rings. The van der Waals surface area contributed by atoms with E-state index < -0.39 is 21.7 Å². The zero-order valence-corrected chi connectivity index (χ0v) is 14.7. The van der Waals surface area contributed by atoms with Gasteiger partial charge >= 0.3 is 0 Å². The van der Waals surface area contributed by atoms with Gasteiger partial charge in [0.15, 0.2) is 0 Å². The minimum atomic E-state index is -3.81. The lowest BCUT2D eigenvalue weighted by molar-refractivity contribution is -0.131. The van der Waals surface area contributed by atoms with E-state index in [9.17, 15) is 13.5 Å². The normalized spacial score (nSPS) is 23.2. The zero-order valence-electron chi connectivity index (χ0n) is 11.6. The van der Waals surface area contributed by atoms with E-state index in [0.717, 1.165) is 0 Å². The Balaban J connectivity index is 2.41. The molecule has 118 valence electrons. The van der Waals surface area contributed by atoms with Gasteiger partial charge in [-0.1, -0.05) is 11.6 Å². The van der Waals surface area contributed by atoms with Crippen molar-refractivity contribution in [2.75, 3.05) is 19.7 Å². The highest BCUT2D eigenvalue weighted by Crippen LogP contribution is 2.30. The van der Waals surface area contributed by atoms with Crippen LogP contribution in [0.5, 0.6) is 0 Å². The molecule has 1 unspecified atom stereocenters. The molecule has 1 aromatic heterocycles. The first-order valence-corrected chi connectivity index (χ1v) is 8.87. The quantitative estimate of drug-likeness (QED) is 0.782. The maximum Gasteiger partial charge on any atom is 0.246 e. The van der Waals surface area contributed by atoms with Crippen molar-refractivity contribution < 1.29 is 18.3 Å². The van der Waals surface area contributed by atoms with Gasteiger partial charge in [0, 0.05) is 23.8 Å². The Morgan fingerprint density at radius 2 is 2.29 bits per heavy atom. The van der Waals surface area contributed by atoms with Gasteiger partial charge in [0.25, 0.3) is 0 Å². The minimum absolute atomic E-state index is 0.0621. The Morgan fingerprint density at radius 3 is 2.90 bits per heavy atom. The van der Waals surface area contributed by atoms with Crippen LogP contribution in [0.25, 0.3) is 0 Å². The molecule has 9 heteroatoms. The molecule has 0 bridgehead atoms. The van der Waals surface area contributed by atoms with Crippen LogP contribution >= 0.6 is 27.5 Å². The van der Waals surface area contributed by atoms with E-state index in [1.54, 1.807) is 13.8 Å². The SMILES string of the molecule is CC1(C)CN(S(=O)(=O)c2cc(Br)cnc2Cl)CC(CO)O1. The van der Waals surface area contributed by atoms with E-state index >= 15 is 0 Å². The molecule has 1 aliphatic rings. The van der Waals surface area contributed by atoms with Gasteiger partial charge in [-0.05, 0) is 35.8 Å². The summed E-state index contributed by atoms with van der Waals surface area (Å²) in [5.74, 6) is 0. The first kappa shape index (κ1) is 17.1. The summed E-state index contributed by atoms with van der Waals surface area (Å²) in [4.78, 5) is 3.79. The zero-order chi connectivity index (χ0) is 15.8. The maximum absolute atomic E-state index is 12.8. The first-order valence-electron chi connectivity index (χ1n) is 6.25. The summed E-state index contributed by atoms with van der Waals surface area (Å²) in [6.07, 6.45) is 0.864. The van der Waals surface area contributed by atoms with E-state index in [4.69, 9.17) is 16.3 Å². The molecule has 0 spiro atoms. The van der Waals surface area contributed by atoms with Crippen LogP contribution in [0.4, 0.5) is 0 Å². The summed E-state index contributed by atoms with van der Waals surface area (Å²) in [6, 6.07) is 1.42. The minimum Gasteiger partial charge on any atom is -0.394 e. The van der Waals surface area contributed by atoms with E-state index in [0.29, 0.717) is 4.47 Å². The summed E-state index contributed by atoms with van der Waals surface area (Å²) in [7, 11) is -3.81. The van der Waals surface area contributed by atoms with E-state index in [-0.39, 0.29) is 29.7 Å². The second-order valence-electron chi connectivity index (χ2n) is 5.42. The number of aromatic nitrogens is 1. The highest BCUT2D eigenvalue weighted by molar-refractivity contribution is 9.10. The van der Waals surface area contributed by atoms with Crippen molar-refractivity contribution in [2.45, 2.75) is 30.4 Å². The van der Waals surface area contributed by atoms with Gasteiger partial charge in [0.2, 0.25) is 10.0 Å². The molecule has 0 aromatic carbocycles. The fraction of sp³-hybridized carbons (Fsp3) is 0.583. The van der Waals surface area contributed by atoms with Gasteiger partial charge in [-0.25, -0.2) is 13.4 Å². The smallest absolute Gasteiger partial charge is 0.246 e. The van der Waals surface area contributed by atoms with Gasteiger partial charge in [0.1, 0.15) is 10.0 Å². The van der Waals surface area contributed by atoms with E-state index in [1.807, 2.05) is 0 Å². The summed E-state index contributed by atoms with van der Waals surface area (Å²) in [5, 5.41) is 9.20. The average molecular weight is 400 g/mol. The largest absolute Gasteiger partial charge is 0.394 e. The number of pyridine rings is 1. The summed E-state index contributed by atoms with van der Waals surface area (Å²) in [6.45, 7) is 3.55. The van der Waals surface area contributed by atoms with Crippen LogP contribution in [0.2, 0.25) is 5.15 Å². The number of aliphatic hydroxyl groups is 1. The predicted octanol–water partition coefficient (Wildman–Crippen LogP) is 1.66.